The van der Waals surface area contributed by atoms with Gasteiger partial charge in [-0.05, 0) is 18.6 Å². The van der Waals surface area contributed by atoms with E-state index >= 15 is 0 Å². The highest BCUT2D eigenvalue weighted by Gasteiger charge is 2.23. The first-order chi connectivity index (χ1) is 9.54. The van der Waals surface area contributed by atoms with Crippen molar-refractivity contribution in [2.75, 3.05) is 21.3 Å². The third kappa shape index (κ3) is 2.08. The van der Waals surface area contributed by atoms with Gasteiger partial charge in [-0.15, -0.1) is 0 Å². The number of carboxylic acid groups (broad SMARTS) is 1. The fourth-order valence-corrected chi connectivity index (χ4v) is 2.40. The second-order valence-electron chi connectivity index (χ2n) is 4.35. The SMILES string of the molecule is COCn1c(C(=O)O)c(C)c2cc(OC)cc(OC)c21. The van der Waals surface area contributed by atoms with Crippen LogP contribution < -0.4 is 9.47 Å². The van der Waals surface area contributed by atoms with E-state index in [0.717, 1.165) is 5.39 Å². The highest BCUT2D eigenvalue weighted by atomic mass is 16.5. The maximum atomic E-state index is 11.5. The van der Waals surface area contributed by atoms with Crippen molar-refractivity contribution in [3.63, 3.8) is 0 Å². The Morgan fingerprint density at radius 3 is 2.45 bits per heavy atom. The summed E-state index contributed by atoms with van der Waals surface area (Å²) >= 11 is 0. The van der Waals surface area contributed by atoms with E-state index in [0.29, 0.717) is 22.6 Å². The third-order valence-corrected chi connectivity index (χ3v) is 3.26. The smallest absolute Gasteiger partial charge is 0.352 e. The highest BCUT2D eigenvalue weighted by molar-refractivity contribution is 6.00. The van der Waals surface area contributed by atoms with Crippen molar-refractivity contribution in [2.24, 2.45) is 0 Å². The van der Waals surface area contributed by atoms with Crippen molar-refractivity contribution >= 4 is 16.9 Å². The van der Waals surface area contributed by atoms with Crippen LogP contribution in [0.4, 0.5) is 0 Å². The molecule has 1 N–H and O–H groups in total. The molecule has 0 unspecified atom stereocenters. The molecule has 0 amide bonds. The lowest BCUT2D eigenvalue weighted by Crippen LogP contribution is -2.11. The summed E-state index contributed by atoms with van der Waals surface area (Å²) in [6.07, 6.45) is 0. The largest absolute Gasteiger partial charge is 0.497 e. The lowest BCUT2D eigenvalue weighted by atomic mass is 10.1. The van der Waals surface area contributed by atoms with Crippen molar-refractivity contribution in [2.45, 2.75) is 13.7 Å². The summed E-state index contributed by atoms with van der Waals surface area (Å²) in [6.45, 7) is 1.89. The Bertz CT molecular complexity index is 659. The van der Waals surface area contributed by atoms with Crippen LogP contribution in [0.5, 0.6) is 11.5 Å². The number of hydrogen-bond acceptors (Lipinski definition) is 4. The fraction of sp³-hybridized carbons (Fsp3) is 0.357. The molecule has 0 spiro atoms. The maximum absolute atomic E-state index is 11.5. The topological polar surface area (TPSA) is 69.9 Å². The number of carbonyl (C=O) groups is 1. The van der Waals surface area contributed by atoms with Gasteiger partial charge in [0.1, 0.15) is 23.9 Å². The number of hydrogen-bond donors (Lipinski definition) is 1. The van der Waals surface area contributed by atoms with Gasteiger partial charge in [0.05, 0.1) is 19.7 Å². The minimum Gasteiger partial charge on any atom is -0.497 e. The molecule has 0 saturated heterocycles. The van der Waals surface area contributed by atoms with Gasteiger partial charge in [0, 0.05) is 18.6 Å². The summed E-state index contributed by atoms with van der Waals surface area (Å²) in [7, 11) is 4.61. The van der Waals surface area contributed by atoms with E-state index in [1.165, 1.54) is 14.2 Å². The van der Waals surface area contributed by atoms with Crippen LogP contribution in [0.3, 0.4) is 0 Å². The monoisotopic (exact) mass is 279 g/mol. The average molecular weight is 279 g/mol. The van der Waals surface area contributed by atoms with Crippen LogP contribution in [0.15, 0.2) is 12.1 Å². The number of aromatic carboxylic acids is 1. The first-order valence-electron chi connectivity index (χ1n) is 6.02. The summed E-state index contributed by atoms with van der Waals surface area (Å²) in [5.41, 5.74) is 1.53. The molecule has 2 rings (SSSR count). The molecule has 1 aromatic heterocycles. The van der Waals surface area contributed by atoms with Crippen molar-refractivity contribution in [1.29, 1.82) is 0 Å². The number of carboxylic acids is 1. The normalized spacial score (nSPS) is 10.8. The molecule has 6 nitrogen and oxygen atoms in total. The standard InChI is InChI=1S/C14H17NO5/c1-8-10-5-9(19-3)6-11(20-4)13(10)15(7-18-2)12(8)14(16)17/h5-6H,7H2,1-4H3,(H,16,17). The van der Waals surface area contributed by atoms with Crippen molar-refractivity contribution in [3.8, 4) is 11.5 Å². The van der Waals surface area contributed by atoms with Gasteiger partial charge in [-0.1, -0.05) is 0 Å². The highest BCUT2D eigenvalue weighted by Crippen LogP contribution is 2.36. The summed E-state index contributed by atoms with van der Waals surface area (Å²) in [4.78, 5) is 11.5. The second-order valence-corrected chi connectivity index (χ2v) is 4.35. The Balaban J connectivity index is 2.90. The molecule has 0 radical (unpaired) electrons. The second kappa shape index (κ2) is 5.42. The van der Waals surface area contributed by atoms with Gasteiger partial charge in [-0.25, -0.2) is 4.79 Å². The van der Waals surface area contributed by atoms with Gasteiger partial charge in [0.2, 0.25) is 0 Å². The molecule has 0 atom stereocenters. The zero-order valence-corrected chi connectivity index (χ0v) is 11.9. The van der Waals surface area contributed by atoms with Gasteiger partial charge in [-0.2, -0.15) is 0 Å². The fourth-order valence-electron chi connectivity index (χ4n) is 2.40. The Kier molecular flexibility index (Phi) is 3.85. The van der Waals surface area contributed by atoms with E-state index in [2.05, 4.69) is 0 Å². The van der Waals surface area contributed by atoms with Crippen molar-refractivity contribution < 1.29 is 24.1 Å². The zero-order valence-electron chi connectivity index (χ0n) is 11.9. The molecular formula is C14H17NO5. The minimum atomic E-state index is -1.00. The summed E-state index contributed by atoms with van der Waals surface area (Å²) < 4.78 is 17.3. The number of nitrogens with zero attached hydrogens (tertiary/aromatic N) is 1. The molecule has 0 bridgehead atoms. The zero-order chi connectivity index (χ0) is 14.9. The summed E-state index contributed by atoms with van der Waals surface area (Å²) in [6, 6.07) is 3.52. The Morgan fingerprint density at radius 1 is 1.25 bits per heavy atom. The Morgan fingerprint density at radius 2 is 1.95 bits per heavy atom. The molecule has 0 saturated carbocycles. The quantitative estimate of drug-likeness (QED) is 0.909. The van der Waals surface area contributed by atoms with E-state index in [-0.39, 0.29) is 12.4 Å². The van der Waals surface area contributed by atoms with Crippen LogP contribution in [-0.4, -0.2) is 37.0 Å². The molecular weight excluding hydrogens is 262 g/mol. The van der Waals surface area contributed by atoms with Crippen LogP contribution in [-0.2, 0) is 11.5 Å². The molecule has 1 aromatic carbocycles. The van der Waals surface area contributed by atoms with Crippen LogP contribution in [0.2, 0.25) is 0 Å². The predicted molar refractivity (Wildman–Crippen MR) is 73.7 cm³/mol. The van der Waals surface area contributed by atoms with Crippen LogP contribution in [0, 0.1) is 6.92 Å². The number of aryl methyl sites for hydroxylation is 1. The number of aromatic nitrogens is 1. The van der Waals surface area contributed by atoms with Gasteiger partial charge in [0.15, 0.2) is 0 Å². The minimum absolute atomic E-state index is 0.134. The van der Waals surface area contributed by atoms with Crippen LogP contribution in [0.25, 0.3) is 10.9 Å². The molecule has 108 valence electrons. The number of methoxy groups -OCH3 is 3. The number of ether oxygens (including phenoxy) is 3. The maximum Gasteiger partial charge on any atom is 0.352 e. The lowest BCUT2D eigenvalue weighted by Gasteiger charge is -2.11. The number of fused-ring (bicyclic) bond motifs is 1. The Hall–Kier alpha value is -2.21. The molecule has 20 heavy (non-hydrogen) atoms. The van der Waals surface area contributed by atoms with Crippen molar-refractivity contribution in [1.82, 2.24) is 4.57 Å². The molecule has 6 heteroatoms. The molecule has 1 heterocycles. The number of benzene rings is 1. The molecule has 0 aliphatic carbocycles. The average Bonchev–Trinajstić information content (AvgIpc) is 2.71. The first kappa shape index (κ1) is 14.2. The van der Waals surface area contributed by atoms with E-state index in [9.17, 15) is 9.90 Å². The van der Waals surface area contributed by atoms with E-state index in [1.807, 2.05) is 0 Å². The van der Waals surface area contributed by atoms with Gasteiger partial charge < -0.3 is 23.9 Å². The van der Waals surface area contributed by atoms with Gasteiger partial charge >= 0.3 is 5.97 Å². The number of rotatable bonds is 5. The third-order valence-electron chi connectivity index (χ3n) is 3.26. The van der Waals surface area contributed by atoms with E-state index in [1.54, 1.807) is 30.7 Å². The predicted octanol–water partition coefficient (Wildman–Crippen LogP) is 2.27. The van der Waals surface area contributed by atoms with Crippen molar-refractivity contribution in [3.05, 3.63) is 23.4 Å². The van der Waals surface area contributed by atoms with E-state index in [4.69, 9.17) is 14.2 Å². The van der Waals surface area contributed by atoms with Crippen LogP contribution in [0.1, 0.15) is 16.1 Å². The first-order valence-corrected chi connectivity index (χ1v) is 6.02. The van der Waals surface area contributed by atoms with E-state index < -0.39 is 5.97 Å². The van der Waals surface area contributed by atoms with Gasteiger partial charge in [0.25, 0.3) is 0 Å². The summed E-state index contributed by atoms with van der Waals surface area (Å²) in [5, 5.41) is 10.2. The van der Waals surface area contributed by atoms with Crippen LogP contribution >= 0.6 is 0 Å². The molecule has 0 aliphatic rings. The molecule has 0 aliphatic heterocycles. The lowest BCUT2D eigenvalue weighted by molar-refractivity contribution is 0.0662. The molecule has 2 aromatic rings. The Labute approximate surface area is 116 Å². The summed E-state index contributed by atoms with van der Waals surface area (Å²) in [5.74, 6) is 0.160. The molecule has 0 fully saturated rings. The van der Waals surface area contributed by atoms with Gasteiger partial charge in [-0.3, -0.25) is 0 Å².